The molecule has 0 aliphatic carbocycles. The molecule has 0 aliphatic heterocycles. The molecule has 2 aromatic carbocycles. The van der Waals surface area contributed by atoms with Gasteiger partial charge in [-0.05, 0) is 44.2 Å². The lowest BCUT2D eigenvalue weighted by Gasteiger charge is -2.11. The van der Waals surface area contributed by atoms with E-state index in [1.165, 1.54) is 13.1 Å². The van der Waals surface area contributed by atoms with E-state index >= 15 is 0 Å². The first kappa shape index (κ1) is 22.0. The molecule has 0 saturated heterocycles. The SMILES string of the molecule is C/C(=N/NC(=O)c1cc(Br)ccc1NC(=O)c1cccnc1)C(=O)c1ccc(C)cc1. The lowest BCUT2D eigenvalue weighted by atomic mass is 10.1. The van der Waals surface area contributed by atoms with E-state index in [-0.39, 0.29) is 17.1 Å². The third-order valence-corrected chi connectivity index (χ3v) is 4.86. The number of hydrogen-bond acceptors (Lipinski definition) is 5. The van der Waals surface area contributed by atoms with E-state index in [1.807, 2.05) is 19.1 Å². The second-order valence-corrected chi connectivity index (χ2v) is 7.63. The highest BCUT2D eigenvalue weighted by molar-refractivity contribution is 9.10. The number of rotatable bonds is 6. The summed E-state index contributed by atoms with van der Waals surface area (Å²) in [7, 11) is 0. The highest BCUT2D eigenvalue weighted by atomic mass is 79.9. The Bertz CT molecular complexity index is 1160. The minimum Gasteiger partial charge on any atom is -0.321 e. The van der Waals surface area contributed by atoms with Crippen LogP contribution in [0.1, 0.15) is 43.6 Å². The number of aryl methyl sites for hydroxylation is 1. The molecular weight excluding hydrogens is 460 g/mol. The molecule has 2 amide bonds. The van der Waals surface area contributed by atoms with Crippen LogP contribution in [0.5, 0.6) is 0 Å². The summed E-state index contributed by atoms with van der Waals surface area (Å²) in [5.41, 5.74) is 4.87. The van der Waals surface area contributed by atoms with Crippen molar-refractivity contribution in [3.63, 3.8) is 0 Å². The van der Waals surface area contributed by atoms with E-state index in [1.54, 1.807) is 48.7 Å². The van der Waals surface area contributed by atoms with Crippen LogP contribution in [0.2, 0.25) is 0 Å². The van der Waals surface area contributed by atoms with E-state index in [2.05, 4.69) is 36.8 Å². The summed E-state index contributed by atoms with van der Waals surface area (Å²) in [6.07, 6.45) is 2.99. The van der Waals surface area contributed by atoms with Crippen LogP contribution in [0.4, 0.5) is 5.69 Å². The Labute approximate surface area is 187 Å². The number of hydrogen-bond donors (Lipinski definition) is 2. The van der Waals surface area contributed by atoms with Crippen molar-refractivity contribution in [2.24, 2.45) is 5.10 Å². The molecule has 0 bridgehead atoms. The van der Waals surface area contributed by atoms with Crippen molar-refractivity contribution < 1.29 is 14.4 Å². The average molecular weight is 479 g/mol. The molecule has 31 heavy (non-hydrogen) atoms. The first-order chi connectivity index (χ1) is 14.8. The van der Waals surface area contributed by atoms with Crippen LogP contribution in [-0.4, -0.2) is 28.3 Å². The van der Waals surface area contributed by atoms with Crippen LogP contribution in [0.25, 0.3) is 0 Å². The van der Waals surface area contributed by atoms with Crippen LogP contribution < -0.4 is 10.7 Å². The second kappa shape index (κ2) is 9.90. The van der Waals surface area contributed by atoms with E-state index in [4.69, 9.17) is 0 Å². The molecule has 0 unspecified atom stereocenters. The number of nitrogens with zero attached hydrogens (tertiary/aromatic N) is 2. The fourth-order valence-electron chi connectivity index (χ4n) is 2.66. The van der Waals surface area contributed by atoms with Gasteiger partial charge in [-0.25, -0.2) is 5.43 Å². The first-order valence-corrected chi connectivity index (χ1v) is 10.1. The van der Waals surface area contributed by atoms with Gasteiger partial charge in [0.1, 0.15) is 5.71 Å². The molecule has 3 rings (SSSR count). The molecule has 156 valence electrons. The molecular formula is C23H19BrN4O3. The Morgan fingerprint density at radius 2 is 1.71 bits per heavy atom. The van der Waals surface area contributed by atoms with Gasteiger partial charge < -0.3 is 5.32 Å². The van der Waals surface area contributed by atoms with Crippen molar-refractivity contribution in [2.75, 3.05) is 5.32 Å². The number of halogens is 1. The molecule has 0 spiro atoms. The van der Waals surface area contributed by atoms with E-state index in [0.29, 0.717) is 21.3 Å². The number of anilines is 1. The van der Waals surface area contributed by atoms with Gasteiger partial charge in [0.15, 0.2) is 0 Å². The Morgan fingerprint density at radius 1 is 0.968 bits per heavy atom. The summed E-state index contributed by atoms with van der Waals surface area (Å²) in [6, 6.07) is 15.2. The highest BCUT2D eigenvalue weighted by Gasteiger charge is 2.16. The zero-order valence-corrected chi connectivity index (χ0v) is 18.4. The summed E-state index contributed by atoms with van der Waals surface area (Å²) < 4.78 is 0.647. The number of carbonyl (C=O) groups is 3. The fraction of sp³-hybridized carbons (Fsp3) is 0.0870. The van der Waals surface area contributed by atoms with Gasteiger partial charge >= 0.3 is 0 Å². The van der Waals surface area contributed by atoms with Gasteiger partial charge in [0.2, 0.25) is 5.78 Å². The summed E-state index contributed by atoms with van der Waals surface area (Å²) in [4.78, 5) is 41.6. The van der Waals surface area contributed by atoms with Gasteiger partial charge in [0, 0.05) is 22.4 Å². The van der Waals surface area contributed by atoms with E-state index in [0.717, 1.165) is 5.56 Å². The van der Waals surface area contributed by atoms with Crippen molar-refractivity contribution in [3.8, 4) is 0 Å². The van der Waals surface area contributed by atoms with Gasteiger partial charge in [0.25, 0.3) is 11.8 Å². The maximum Gasteiger partial charge on any atom is 0.273 e. The summed E-state index contributed by atoms with van der Waals surface area (Å²) in [5.74, 6) is -1.27. The normalized spacial score (nSPS) is 11.0. The Hall–Kier alpha value is -3.65. The molecule has 1 aromatic heterocycles. The third-order valence-electron chi connectivity index (χ3n) is 4.37. The number of Topliss-reactive ketones (excluding diaryl/α,β-unsaturated/α-hetero) is 1. The summed E-state index contributed by atoms with van der Waals surface area (Å²) in [5, 5.41) is 6.64. The van der Waals surface area contributed by atoms with Gasteiger partial charge in [-0.3, -0.25) is 19.4 Å². The average Bonchev–Trinajstić information content (AvgIpc) is 2.79. The van der Waals surface area contributed by atoms with E-state index < -0.39 is 11.8 Å². The largest absolute Gasteiger partial charge is 0.321 e. The van der Waals surface area contributed by atoms with Gasteiger partial charge in [-0.2, -0.15) is 5.10 Å². The monoisotopic (exact) mass is 478 g/mol. The molecule has 0 aliphatic rings. The summed E-state index contributed by atoms with van der Waals surface area (Å²) in [6.45, 7) is 3.45. The van der Waals surface area contributed by atoms with Crippen molar-refractivity contribution in [1.29, 1.82) is 0 Å². The first-order valence-electron chi connectivity index (χ1n) is 9.32. The molecule has 0 radical (unpaired) electrons. The zero-order valence-electron chi connectivity index (χ0n) is 16.8. The molecule has 1 heterocycles. The quantitative estimate of drug-likeness (QED) is 0.311. The van der Waals surface area contributed by atoms with Crippen molar-refractivity contribution >= 4 is 44.9 Å². The Morgan fingerprint density at radius 3 is 2.39 bits per heavy atom. The van der Waals surface area contributed by atoms with Crippen LogP contribution in [-0.2, 0) is 0 Å². The van der Waals surface area contributed by atoms with Crippen molar-refractivity contribution in [2.45, 2.75) is 13.8 Å². The summed E-state index contributed by atoms with van der Waals surface area (Å²) >= 11 is 3.32. The van der Waals surface area contributed by atoms with Gasteiger partial charge in [0.05, 0.1) is 16.8 Å². The lowest BCUT2D eigenvalue weighted by molar-refractivity contribution is 0.0955. The molecule has 0 saturated carbocycles. The minimum atomic E-state index is -0.571. The molecule has 7 nitrogen and oxygen atoms in total. The maximum absolute atomic E-state index is 12.7. The number of aromatic nitrogens is 1. The van der Waals surface area contributed by atoms with Crippen LogP contribution in [0, 0.1) is 6.92 Å². The number of carbonyl (C=O) groups excluding carboxylic acids is 3. The predicted molar refractivity (Wildman–Crippen MR) is 122 cm³/mol. The molecule has 8 heteroatoms. The number of nitrogens with one attached hydrogen (secondary N) is 2. The standard InChI is InChI=1S/C23H19BrN4O3/c1-14-5-7-16(8-6-14)21(29)15(2)27-28-23(31)19-12-18(24)9-10-20(19)26-22(30)17-4-3-11-25-13-17/h3-13H,1-2H3,(H,26,30)(H,28,31)/b27-15-. The Balaban J connectivity index is 1.77. The topological polar surface area (TPSA) is 101 Å². The van der Waals surface area contributed by atoms with Crippen LogP contribution in [0.15, 0.2) is 76.6 Å². The highest BCUT2D eigenvalue weighted by Crippen LogP contribution is 2.22. The third kappa shape index (κ3) is 5.70. The second-order valence-electron chi connectivity index (χ2n) is 6.72. The van der Waals surface area contributed by atoms with Crippen molar-refractivity contribution in [1.82, 2.24) is 10.4 Å². The smallest absolute Gasteiger partial charge is 0.273 e. The van der Waals surface area contributed by atoms with Gasteiger partial charge in [-0.15, -0.1) is 0 Å². The maximum atomic E-state index is 12.7. The fourth-order valence-corrected chi connectivity index (χ4v) is 3.03. The van der Waals surface area contributed by atoms with Crippen molar-refractivity contribution in [3.05, 3.63) is 93.7 Å². The van der Waals surface area contributed by atoms with Crippen LogP contribution in [0.3, 0.4) is 0 Å². The number of pyridine rings is 1. The molecule has 3 aromatic rings. The Kier molecular flexibility index (Phi) is 7.04. The molecule has 0 fully saturated rings. The van der Waals surface area contributed by atoms with Crippen LogP contribution >= 0.6 is 15.9 Å². The number of amides is 2. The minimum absolute atomic E-state index is 0.133. The number of benzene rings is 2. The number of ketones is 1. The lowest BCUT2D eigenvalue weighted by Crippen LogP contribution is -2.24. The van der Waals surface area contributed by atoms with Gasteiger partial charge in [-0.1, -0.05) is 45.8 Å². The number of hydrazone groups is 1. The predicted octanol–water partition coefficient (Wildman–Crippen LogP) is 4.39. The molecule has 0 atom stereocenters. The zero-order chi connectivity index (χ0) is 22.4. The van der Waals surface area contributed by atoms with E-state index in [9.17, 15) is 14.4 Å². The molecule has 2 N–H and O–H groups in total.